The zero-order chi connectivity index (χ0) is 13.7. The van der Waals surface area contributed by atoms with Crippen LogP contribution in [0.5, 0.6) is 0 Å². The summed E-state index contributed by atoms with van der Waals surface area (Å²) in [6, 6.07) is 4.58. The maximum Gasteiger partial charge on any atom is 0.262 e. The second kappa shape index (κ2) is 6.42. The second-order valence-corrected chi connectivity index (χ2v) is 6.08. The highest BCUT2D eigenvalue weighted by molar-refractivity contribution is 7.89. The molecule has 2 rings (SSSR count). The SMILES string of the molecule is O=S(=O)(NOCCN1CCCC1)c1ccc(F)cc1. The molecule has 1 saturated heterocycles. The van der Waals surface area contributed by atoms with Crippen LogP contribution in [0.2, 0.25) is 0 Å². The van der Waals surface area contributed by atoms with E-state index in [4.69, 9.17) is 4.84 Å². The zero-order valence-corrected chi connectivity index (χ0v) is 11.3. The predicted molar refractivity (Wildman–Crippen MR) is 68.3 cm³/mol. The van der Waals surface area contributed by atoms with E-state index >= 15 is 0 Å². The molecule has 0 aliphatic carbocycles. The Kier molecular flexibility index (Phi) is 4.87. The fourth-order valence-corrected chi connectivity index (χ4v) is 2.79. The number of nitrogens with one attached hydrogen (secondary N) is 1. The van der Waals surface area contributed by atoms with Crippen LogP contribution in [0.15, 0.2) is 29.2 Å². The molecule has 0 aromatic heterocycles. The van der Waals surface area contributed by atoms with Crippen molar-refractivity contribution in [1.82, 2.24) is 9.79 Å². The normalized spacial score (nSPS) is 16.9. The van der Waals surface area contributed by atoms with E-state index in [1.54, 1.807) is 0 Å². The van der Waals surface area contributed by atoms with Crippen LogP contribution in [0, 0.1) is 5.82 Å². The van der Waals surface area contributed by atoms with Gasteiger partial charge in [0.25, 0.3) is 10.0 Å². The molecular weight excluding hydrogens is 271 g/mol. The monoisotopic (exact) mass is 288 g/mol. The van der Waals surface area contributed by atoms with E-state index in [0.29, 0.717) is 13.2 Å². The molecule has 106 valence electrons. The van der Waals surface area contributed by atoms with Gasteiger partial charge in [0.1, 0.15) is 5.82 Å². The molecule has 0 radical (unpaired) electrons. The summed E-state index contributed by atoms with van der Waals surface area (Å²) >= 11 is 0. The van der Waals surface area contributed by atoms with Crippen molar-refractivity contribution in [2.45, 2.75) is 17.7 Å². The Bertz CT molecular complexity index is 498. The lowest BCUT2D eigenvalue weighted by Gasteiger charge is -2.14. The molecule has 1 fully saturated rings. The standard InChI is InChI=1S/C12H17FN2O3S/c13-11-3-5-12(6-4-11)19(16,17)14-18-10-9-15-7-1-2-8-15/h3-6,14H,1-2,7-10H2. The molecule has 0 atom stereocenters. The summed E-state index contributed by atoms with van der Waals surface area (Å²) < 4.78 is 36.2. The lowest BCUT2D eigenvalue weighted by molar-refractivity contribution is 0.0756. The molecule has 1 aliphatic heterocycles. The fourth-order valence-electron chi connectivity index (χ4n) is 1.96. The first-order valence-electron chi connectivity index (χ1n) is 6.19. The Labute approximate surface area is 112 Å². The van der Waals surface area contributed by atoms with Gasteiger partial charge in [-0.25, -0.2) is 12.8 Å². The van der Waals surface area contributed by atoms with E-state index in [1.165, 1.54) is 25.0 Å². The maximum absolute atomic E-state index is 12.7. The van der Waals surface area contributed by atoms with Gasteiger partial charge in [0.2, 0.25) is 0 Å². The number of hydrogen-bond donors (Lipinski definition) is 1. The van der Waals surface area contributed by atoms with E-state index in [9.17, 15) is 12.8 Å². The Morgan fingerprint density at radius 2 is 1.84 bits per heavy atom. The second-order valence-electron chi connectivity index (χ2n) is 4.44. The molecule has 0 bridgehead atoms. The van der Waals surface area contributed by atoms with Crippen LogP contribution >= 0.6 is 0 Å². The summed E-state index contributed by atoms with van der Waals surface area (Å²) in [6.07, 6.45) is 2.36. The van der Waals surface area contributed by atoms with Crippen LogP contribution in [-0.2, 0) is 14.9 Å². The van der Waals surface area contributed by atoms with Crippen molar-refractivity contribution in [1.29, 1.82) is 0 Å². The number of hydrogen-bond acceptors (Lipinski definition) is 4. The molecule has 19 heavy (non-hydrogen) atoms. The highest BCUT2D eigenvalue weighted by atomic mass is 32.2. The van der Waals surface area contributed by atoms with Gasteiger partial charge in [0.15, 0.2) is 0 Å². The fraction of sp³-hybridized carbons (Fsp3) is 0.500. The maximum atomic E-state index is 12.7. The first-order valence-corrected chi connectivity index (χ1v) is 7.68. The quantitative estimate of drug-likeness (QED) is 0.630. The van der Waals surface area contributed by atoms with Crippen molar-refractivity contribution < 1.29 is 17.6 Å². The third-order valence-corrected chi connectivity index (χ3v) is 4.23. The average molecular weight is 288 g/mol. The van der Waals surface area contributed by atoms with Crippen molar-refractivity contribution >= 4 is 10.0 Å². The number of sulfonamides is 1. The smallest absolute Gasteiger partial charge is 0.262 e. The molecule has 5 nitrogen and oxygen atoms in total. The third kappa shape index (κ3) is 4.24. The number of rotatable bonds is 6. The molecular formula is C12H17FN2O3S. The van der Waals surface area contributed by atoms with Crippen LogP contribution in [0.3, 0.4) is 0 Å². The van der Waals surface area contributed by atoms with Gasteiger partial charge < -0.3 is 4.90 Å². The molecule has 1 aliphatic rings. The largest absolute Gasteiger partial charge is 0.301 e. The van der Waals surface area contributed by atoms with Gasteiger partial charge in [-0.15, -0.1) is 0 Å². The van der Waals surface area contributed by atoms with Gasteiger partial charge in [-0.2, -0.15) is 0 Å². The summed E-state index contributed by atoms with van der Waals surface area (Å²) in [6.45, 7) is 3.06. The summed E-state index contributed by atoms with van der Waals surface area (Å²) in [4.78, 5) is 9.21. The minimum Gasteiger partial charge on any atom is -0.301 e. The molecule has 1 N–H and O–H groups in total. The summed E-state index contributed by atoms with van der Waals surface area (Å²) in [7, 11) is -3.73. The molecule has 7 heteroatoms. The molecule has 1 heterocycles. The van der Waals surface area contributed by atoms with Crippen molar-refractivity contribution in [2.75, 3.05) is 26.2 Å². The Hall–Kier alpha value is -1.02. The molecule has 0 amide bonds. The lowest BCUT2D eigenvalue weighted by atomic mass is 10.4. The van der Waals surface area contributed by atoms with E-state index in [-0.39, 0.29) is 4.90 Å². The van der Waals surface area contributed by atoms with Gasteiger partial charge >= 0.3 is 0 Å². The van der Waals surface area contributed by atoms with Gasteiger partial charge in [0, 0.05) is 6.54 Å². The van der Waals surface area contributed by atoms with E-state index in [1.807, 2.05) is 4.89 Å². The van der Waals surface area contributed by atoms with Crippen LogP contribution in [-0.4, -0.2) is 39.6 Å². The predicted octanol–water partition coefficient (Wildman–Crippen LogP) is 1.13. The van der Waals surface area contributed by atoms with Gasteiger partial charge in [-0.3, -0.25) is 4.84 Å². The third-order valence-electron chi connectivity index (χ3n) is 3.00. The van der Waals surface area contributed by atoms with E-state index < -0.39 is 15.8 Å². The first-order chi connectivity index (χ1) is 9.08. The van der Waals surface area contributed by atoms with Crippen LogP contribution in [0.25, 0.3) is 0 Å². The van der Waals surface area contributed by atoms with Crippen molar-refractivity contribution in [3.63, 3.8) is 0 Å². The minimum absolute atomic E-state index is 0.0185. The van der Waals surface area contributed by atoms with Gasteiger partial charge in [-0.05, 0) is 50.2 Å². The Balaban J connectivity index is 1.79. The Morgan fingerprint density at radius 1 is 1.21 bits per heavy atom. The topological polar surface area (TPSA) is 58.6 Å². The first kappa shape index (κ1) is 14.4. The number of halogens is 1. The van der Waals surface area contributed by atoms with Crippen molar-refractivity contribution in [3.8, 4) is 0 Å². The number of benzene rings is 1. The Morgan fingerprint density at radius 3 is 2.47 bits per heavy atom. The van der Waals surface area contributed by atoms with Crippen LogP contribution in [0.4, 0.5) is 4.39 Å². The summed E-state index contributed by atoms with van der Waals surface area (Å²) in [5.41, 5.74) is 0. The van der Waals surface area contributed by atoms with E-state index in [0.717, 1.165) is 25.2 Å². The number of nitrogens with zero attached hydrogens (tertiary/aromatic N) is 1. The summed E-state index contributed by atoms with van der Waals surface area (Å²) in [5, 5.41) is 0. The summed E-state index contributed by atoms with van der Waals surface area (Å²) in [5.74, 6) is -0.478. The van der Waals surface area contributed by atoms with E-state index in [2.05, 4.69) is 4.90 Å². The molecule has 0 saturated carbocycles. The van der Waals surface area contributed by atoms with Crippen molar-refractivity contribution in [3.05, 3.63) is 30.1 Å². The highest BCUT2D eigenvalue weighted by Gasteiger charge is 2.15. The van der Waals surface area contributed by atoms with Crippen LogP contribution < -0.4 is 4.89 Å². The lowest BCUT2D eigenvalue weighted by Crippen LogP contribution is -2.30. The van der Waals surface area contributed by atoms with Crippen LogP contribution in [0.1, 0.15) is 12.8 Å². The molecule has 1 aromatic carbocycles. The average Bonchev–Trinajstić information content (AvgIpc) is 2.88. The van der Waals surface area contributed by atoms with Gasteiger partial charge in [-0.1, -0.05) is 4.89 Å². The number of likely N-dealkylation sites (tertiary alicyclic amines) is 1. The minimum atomic E-state index is -3.73. The highest BCUT2D eigenvalue weighted by Crippen LogP contribution is 2.09. The molecule has 0 unspecified atom stereocenters. The molecule has 0 spiro atoms. The van der Waals surface area contributed by atoms with Crippen molar-refractivity contribution in [2.24, 2.45) is 0 Å². The molecule has 1 aromatic rings. The zero-order valence-electron chi connectivity index (χ0n) is 10.5. The van der Waals surface area contributed by atoms with Gasteiger partial charge in [0.05, 0.1) is 11.5 Å².